The summed E-state index contributed by atoms with van der Waals surface area (Å²) < 4.78 is 26.8. The van der Waals surface area contributed by atoms with Crippen molar-refractivity contribution < 1.29 is 13.6 Å². The van der Waals surface area contributed by atoms with Gasteiger partial charge in [0.2, 0.25) is 17.8 Å². The summed E-state index contributed by atoms with van der Waals surface area (Å²) in [5.41, 5.74) is 0.645. The van der Waals surface area contributed by atoms with Crippen molar-refractivity contribution in [3.05, 3.63) is 29.3 Å². The van der Waals surface area contributed by atoms with E-state index in [2.05, 4.69) is 20.5 Å². The Hall–Kier alpha value is -2.02. The average molecular weight is 341 g/mol. The largest absolute Gasteiger partial charge is 0.293 e. The Labute approximate surface area is 136 Å². The Bertz CT molecular complexity index is 719. The molecule has 0 saturated heterocycles. The van der Waals surface area contributed by atoms with Crippen LogP contribution in [0.1, 0.15) is 25.7 Å². The predicted molar refractivity (Wildman–Crippen MR) is 82.4 cm³/mol. The maximum atomic E-state index is 13.4. The van der Waals surface area contributed by atoms with Crippen molar-refractivity contribution in [3.8, 4) is 11.4 Å². The van der Waals surface area contributed by atoms with E-state index in [4.69, 9.17) is 11.6 Å². The molecule has 1 fully saturated rings. The van der Waals surface area contributed by atoms with Crippen molar-refractivity contribution in [3.63, 3.8) is 0 Å². The molecule has 1 aliphatic rings. The van der Waals surface area contributed by atoms with Crippen molar-refractivity contribution in [2.45, 2.75) is 31.6 Å². The zero-order valence-electron chi connectivity index (χ0n) is 12.2. The van der Waals surface area contributed by atoms with Crippen molar-refractivity contribution in [1.82, 2.24) is 15.2 Å². The minimum absolute atomic E-state index is 0.0545. The van der Waals surface area contributed by atoms with Gasteiger partial charge >= 0.3 is 0 Å². The number of nitrogens with one attached hydrogen (secondary N) is 2. The molecule has 1 heterocycles. The summed E-state index contributed by atoms with van der Waals surface area (Å²) in [6, 6.07) is 7.05. The maximum Gasteiger partial charge on any atom is 0.249 e. The molecule has 0 unspecified atom stereocenters. The number of aromatic nitrogens is 3. The molecule has 8 heteroatoms. The van der Waals surface area contributed by atoms with Gasteiger partial charge in [-0.05, 0) is 25.0 Å². The van der Waals surface area contributed by atoms with E-state index >= 15 is 0 Å². The van der Waals surface area contributed by atoms with E-state index in [0.29, 0.717) is 29.3 Å². The van der Waals surface area contributed by atoms with Crippen LogP contribution < -0.4 is 5.32 Å². The van der Waals surface area contributed by atoms with Gasteiger partial charge in [0, 0.05) is 24.3 Å². The van der Waals surface area contributed by atoms with Crippen LogP contribution in [-0.4, -0.2) is 27.0 Å². The summed E-state index contributed by atoms with van der Waals surface area (Å²) in [7, 11) is 0. The molecule has 3 rings (SSSR count). The molecule has 1 aromatic carbocycles. The molecule has 0 bridgehead atoms. The Morgan fingerprint density at radius 3 is 2.91 bits per heavy atom. The van der Waals surface area contributed by atoms with E-state index in [1.807, 2.05) is 0 Å². The van der Waals surface area contributed by atoms with Gasteiger partial charge in [-0.2, -0.15) is 4.98 Å². The fourth-order valence-electron chi connectivity index (χ4n) is 2.70. The smallest absolute Gasteiger partial charge is 0.249 e. The van der Waals surface area contributed by atoms with Crippen LogP contribution in [0.25, 0.3) is 11.4 Å². The van der Waals surface area contributed by atoms with E-state index in [0.717, 1.165) is 0 Å². The van der Waals surface area contributed by atoms with Crippen molar-refractivity contribution in [1.29, 1.82) is 0 Å². The second-order valence-corrected chi connectivity index (χ2v) is 6.03. The molecule has 23 heavy (non-hydrogen) atoms. The van der Waals surface area contributed by atoms with Crippen molar-refractivity contribution in [2.24, 2.45) is 5.92 Å². The maximum absolute atomic E-state index is 13.4. The van der Waals surface area contributed by atoms with Gasteiger partial charge in [0.25, 0.3) is 0 Å². The fourth-order valence-corrected chi connectivity index (χ4v) is 2.92. The lowest BCUT2D eigenvalue weighted by atomic mass is 9.86. The van der Waals surface area contributed by atoms with Crippen LogP contribution in [0.4, 0.5) is 14.7 Å². The highest BCUT2D eigenvalue weighted by Crippen LogP contribution is 2.37. The first-order valence-electron chi connectivity index (χ1n) is 7.31. The molecular formula is C15H15ClF2N4O. The Morgan fingerprint density at radius 1 is 1.39 bits per heavy atom. The van der Waals surface area contributed by atoms with Gasteiger partial charge < -0.3 is 0 Å². The molecule has 1 saturated carbocycles. The second kappa shape index (κ2) is 6.23. The SMILES string of the molecule is O=C(Nc1n[nH]c(-c2ccccc2Cl)n1)[C@H]1CCCC(F)(F)C1. The van der Waals surface area contributed by atoms with Crippen molar-refractivity contribution in [2.75, 3.05) is 5.32 Å². The summed E-state index contributed by atoms with van der Waals surface area (Å²) >= 11 is 6.07. The van der Waals surface area contributed by atoms with E-state index in [9.17, 15) is 13.6 Å². The lowest BCUT2D eigenvalue weighted by Gasteiger charge is -2.27. The molecule has 0 aliphatic heterocycles. The minimum Gasteiger partial charge on any atom is -0.293 e. The molecule has 122 valence electrons. The highest BCUT2D eigenvalue weighted by molar-refractivity contribution is 6.33. The zero-order chi connectivity index (χ0) is 16.4. The quantitative estimate of drug-likeness (QED) is 0.890. The minimum atomic E-state index is -2.78. The molecule has 2 aromatic rings. The van der Waals surface area contributed by atoms with Gasteiger partial charge in [-0.3, -0.25) is 15.2 Å². The topological polar surface area (TPSA) is 70.7 Å². The van der Waals surface area contributed by atoms with Crippen LogP contribution in [0.5, 0.6) is 0 Å². The number of hydrogen-bond acceptors (Lipinski definition) is 3. The molecule has 1 atom stereocenters. The fraction of sp³-hybridized carbons (Fsp3) is 0.400. The molecule has 1 aliphatic carbocycles. The zero-order valence-corrected chi connectivity index (χ0v) is 12.9. The number of rotatable bonds is 3. The third-order valence-electron chi connectivity index (χ3n) is 3.86. The van der Waals surface area contributed by atoms with Gasteiger partial charge in [-0.25, -0.2) is 8.78 Å². The third kappa shape index (κ3) is 3.67. The normalized spacial score (nSPS) is 20.2. The van der Waals surface area contributed by atoms with Gasteiger partial charge in [0.05, 0.1) is 5.02 Å². The monoisotopic (exact) mass is 340 g/mol. The number of carbonyl (C=O) groups excluding carboxylic acids is 1. The van der Waals surface area contributed by atoms with Crippen LogP contribution in [0.2, 0.25) is 5.02 Å². The molecule has 0 radical (unpaired) electrons. The van der Waals surface area contributed by atoms with E-state index in [-0.39, 0.29) is 12.4 Å². The van der Waals surface area contributed by atoms with Crippen LogP contribution in [0, 0.1) is 5.92 Å². The lowest BCUT2D eigenvalue weighted by Crippen LogP contribution is -2.33. The van der Waals surface area contributed by atoms with Gasteiger partial charge in [-0.15, -0.1) is 5.10 Å². The number of nitrogens with zero attached hydrogens (tertiary/aromatic N) is 2. The van der Waals surface area contributed by atoms with Crippen LogP contribution >= 0.6 is 11.6 Å². The second-order valence-electron chi connectivity index (χ2n) is 5.63. The van der Waals surface area contributed by atoms with Gasteiger partial charge in [-0.1, -0.05) is 23.7 Å². The average Bonchev–Trinajstić information content (AvgIpc) is 2.95. The predicted octanol–water partition coefficient (Wildman–Crippen LogP) is 3.89. The van der Waals surface area contributed by atoms with Gasteiger partial charge in [0.15, 0.2) is 5.82 Å². The van der Waals surface area contributed by atoms with Crippen molar-refractivity contribution >= 4 is 23.5 Å². The lowest BCUT2D eigenvalue weighted by molar-refractivity contribution is -0.127. The van der Waals surface area contributed by atoms with E-state index in [1.165, 1.54) is 0 Å². The Balaban J connectivity index is 1.70. The van der Waals surface area contributed by atoms with Crippen LogP contribution in [0.3, 0.4) is 0 Å². The number of hydrogen-bond donors (Lipinski definition) is 2. The van der Waals surface area contributed by atoms with E-state index in [1.54, 1.807) is 24.3 Å². The number of alkyl halides is 2. The molecule has 5 nitrogen and oxygen atoms in total. The highest BCUT2D eigenvalue weighted by atomic mass is 35.5. The highest BCUT2D eigenvalue weighted by Gasteiger charge is 2.39. The summed E-state index contributed by atoms with van der Waals surface area (Å²) in [5.74, 6) is -3.52. The molecular weight excluding hydrogens is 326 g/mol. The summed E-state index contributed by atoms with van der Waals surface area (Å²) in [6.07, 6.45) is 0.196. The number of carbonyl (C=O) groups is 1. The first-order valence-corrected chi connectivity index (χ1v) is 7.68. The number of H-pyrrole nitrogens is 1. The number of aromatic amines is 1. The molecule has 0 spiro atoms. The molecule has 1 aromatic heterocycles. The van der Waals surface area contributed by atoms with Crippen LogP contribution in [-0.2, 0) is 4.79 Å². The molecule has 1 amide bonds. The number of amides is 1. The van der Waals surface area contributed by atoms with E-state index < -0.39 is 24.2 Å². The van der Waals surface area contributed by atoms with Crippen LogP contribution in [0.15, 0.2) is 24.3 Å². The summed E-state index contributed by atoms with van der Waals surface area (Å²) in [6.45, 7) is 0. The Morgan fingerprint density at radius 2 is 2.17 bits per heavy atom. The first kappa shape index (κ1) is 15.9. The number of halogens is 3. The van der Waals surface area contributed by atoms with Gasteiger partial charge in [0.1, 0.15) is 0 Å². The first-order chi connectivity index (χ1) is 10.9. The third-order valence-corrected chi connectivity index (χ3v) is 4.19. The standard InChI is InChI=1S/C15H15ClF2N4O/c16-11-6-2-1-5-10(11)12-19-14(22-21-12)20-13(23)9-4-3-7-15(17,18)8-9/h1-2,5-6,9H,3-4,7-8H2,(H2,19,20,21,22,23)/t9-/m0/s1. The molecule has 2 N–H and O–H groups in total. The Kier molecular flexibility index (Phi) is 4.30. The number of anilines is 1. The summed E-state index contributed by atoms with van der Waals surface area (Å²) in [5, 5.41) is 9.55. The number of benzene rings is 1. The summed E-state index contributed by atoms with van der Waals surface area (Å²) in [4.78, 5) is 16.2.